The molecule has 1 heterocycles. The molecule has 0 amide bonds. The Bertz CT molecular complexity index is 95.6. The van der Waals surface area contributed by atoms with Crippen LogP contribution in [0.25, 0.3) is 0 Å². The van der Waals surface area contributed by atoms with Crippen LogP contribution in [0.5, 0.6) is 0 Å². The number of hydrogen-bond acceptors (Lipinski definition) is 3. The molecule has 0 aliphatic carbocycles. The van der Waals surface area contributed by atoms with E-state index < -0.39 is 0 Å². The van der Waals surface area contributed by atoms with E-state index in [4.69, 9.17) is 0 Å². The predicted molar refractivity (Wildman–Crippen MR) is 41.0 cm³/mol. The van der Waals surface area contributed by atoms with Crippen molar-refractivity contribution in [1.82, 2.24) is 10.6 Å². The molecule has 0 radical (unpaired) electrons. The lowest BCUT2D eigenvalue weighted by Gasteiger charge is -2.27. The normalized spacial score (nSPS) is 34.2. The fourth-order valence-corrected chi connectivity index (χ4v) is 1.36. The second-order valence-electron chi connectivity index (χ2n) is 2.80. The van der Waals surface area contributed by atoms with Crippen LogP contribution in [0.15, 0.2) is 0 Å². The minimum atomic E-state index is -0.155. The molecular weight excluding hydrogens is 128 g/mol. The Hall–Kier alpha value is -0.120. The maximum atomic E-state index is 9.20. The van der Waals surface area contributed by atoms with Gasteiger partial charge in [0.2, 0.25) is 0 Å². The molecule has 1 rings (SSSR count). The van der Waals surface area contributed by atoms with Crippen molar-refractivity contribution >= 4 is 0 Å². The maximum Gasteiger partial charge on any atom is 0.0679 e. The standard InChI is InChI=1S/C7H16N2O/c1-2-9-6-3-7(10)5-8-4-6/h6-10H,2-5H2,1H3/t6-,7+/m1/s1. The van der Waals surface area contributed by atoms with Crippen LogP contribution in [0, 0.1) is 0 Å². The molecule has 0 spiro atoms. The van der Waals surface area contributed by atoms with E-state index in [2.05, 4.69) is 17.6 Å². The summed E-state index contributed by atoms with van der Waals surface area (Å²) in [6, 6.07) is 0.466. The molecular formula is C7H16N2O. The molecule has 0 saturated carbocycles. The molecule has 3 heteroatoms. The smallest absolute Gasteiger partial charge is 0.0679 e. The molecule has 1 saturated heterocycles. The average molecular weight is 144 g/mol. The van der Waals surface area contributed by atoms with Gasteiger partial charge < -0.3 is 15.7 Å². The van der Waals surface area contributed by atoms with Gasteiger partial charge in [-0.15, -0.1) is 0 Å². The molecule has 3 nitrogen and oxygen atoms in total. The summed E-state index contributed by atoms with van der Waals surface area (Å²) < 4.78 is 0. The van der Waals surface area contributed by atoms with Gasteiger partial charge >= 0.3 is 0 Å². The number of likely N-dealkylation sites (N-methyl/N-ethyl adjacent to an activating group) is 1. The molecule has 2 atom stereocenters. The fourth-order valence-electron chi connectivity index (χ4n) is 1.36. The van der Waals surface area contributed by atoms with Crippen LogP contribution in [-0.2, 0) is 0 Å². The Morgan fingerprint density at radius 3 is 3.00 bits per heavy atom. The fraction of sp³-hybridized carbons (Fsp3) is 1.00. The second-order valence-corrected chi connectivity index (χ2v) is 2.80. The van der Waals surface area contributed by atoms with Crippen LogP contribution < -0.4 is 10.6 Å². The van der Waals surface area contributed by atoms with Crippen molar-refractivity contribution in [2.24, 2.45) is 0 Å². The van der Waals surface area contributed by atoms with Gasteiger partial charge in [0, 0.05) is 19.1 Å². The van der Waals surface area contributed by atoms with Crippen molar-refractivity contribution in [1.29, 1.82) is 0 Å². The van der Waals surface area contributed by atoms with Crippen molar-refractivity contribution in [3.63, 3.8) is 0 Å². The molecule has 0 bridgehead atoms. The molecule has 0 aromatic carbocycles. The van der Waals surface area contributed by atoms with E-state index in [0.29, 0.717) is 6.04 Å². The lowest BCUT2D eigenvalue weighted by molar-refractivity contribution is 0.125. The molecule has 10 heavy (non-hydrogen) atoms. The highest BCUT2D eigenvalue weighted by Gasteiger charge is 2.17. The summed E-state index contributed by atoms with van der Waals surface area (Å²) in [5.41, 5.74) is 0. The van der Waals surface area contributed by atoms with Crippen molar-refractivity contribution in [3.05, 3.63) is 0 Å². The lowest BCUT2D eigenvalue weighted by Crippen LogP contribution is -2.48. The van der Waals surface area contributed by atoms with E-state index in [-0.39, 0.29) is 6.10 Å². The van der Waals surface area contributed by atoms with E-state index in [1.165, 1.54) is 0 Å². The van der Waals surface area contributed by atoms with E-state index in [9.17, 15) is 5.11 Å². The molecule has 60 valence electrons. The van der Waals surface area contributed by atoms with E-state index in [1.54, 1.807) is 0 Å². The van der Waals surface area contributed by atoms with Crippen LogP contribution in [-0.4, -0.2) is 36.9 Å². The average Bonchev–Trinajstić information content (AvgIpc) is 1.88. The molecule has 1 aliphatic rings. The summed E-state index contributed by atoms with van der Waals surface area (Å²) in [6.45, 7) is 4.81. The molecule has 0 aromatic rings. The summed E-state index contributed by atoms with van der Waals surface area (Å²) in [7, 11) is 0. The molecule has 0 unspecified atom stereocenters. The Labute approximate surface area is 61.8 Å². The SMILES string of the molecule is CCN[C@H]1CNC[C@@H](O)C1. The first-order chi connectivity index (χ1) is 4.83. The van der Waals surface area contributed by atoms with E-state index in [1.807, 2.05) is 0 Å². The van der Waals surface area contributed by atoms with Gasteiger partial charge in [0.1, 0.15) is 0 Å². The number of piperidine rings is 1. The lowest BCUT2D eigenvalue weighted by atomic mass is 10.1. The van der Waals surface area contributed by atoms with Gasteiger partial charge in [-0.2, -0.15) is 0 Å². The molecule has 3 N–H and O–H groups in total. The number of nitrogens with one attached hydrogen (secondary N) is 2. The minimum Gasteiger partial charge on any atom is -0.392 e. The van der Waals surface area contributed by atoms with Gasteiger partial charge in [-0.3, -0.25) is 0 Å². The Kier molecular flexibility index (Phi) is 3.12. The zero-order valence-electron chi connectivity index (χ0n) is 6.43. The third kappa shape index (κ3) is 2.25. The highest BCUT2D eigenvalue weighted by atomic mass is 16.3. The van der Waals surface area contributed by atoms with Gasteiger partial charge in [-0.05, 0) is 13.0 Å². The second kappa shape index (κ2) is 3.91. The van der Waals surface area contributed by atoms with Crippen LogP contribution in [0.2, 0.25) is 0 Å². The predicted octanol–water partition coefficient (Wildman–Crippen LogP) is -0.681. The Morgan fingerprint density at radius 2 is 2.40 bits per heavy atom. The minimum absolute atomic E-state index is 0.155. The highest BCUT2D eigenvalue weighted by molar-refractivity contribution is 4.79. The summed E-state index contributed by atoms with van der Waals surface area (Å²) in [5, 5.41) is 15.7. The van der Waals surface area contributed by atoms with Gasteiger partial charge in [-0.25, -0.2) is 0 Å². The van der Waals surface area contributed by atoms with Gasteiger partial charge in [0.05, 0.1) is 6.10 Å². The topological polar surface area (TPSA) is 44.3 Å². The maximum absolute atomic E-state index is 9.20. The number of hydrogen-bond donors (Lipinski definition) is 3. The molecule has 1 aliphatic heterocycles. The summed E-state index contributed by atoms with van der Waals surface area (Å²) in [6.07, 6.45) is 0.735. The van der Waals surface area contributed by atoms with Gasteiger partial charge in [0.15, 0.2) is 0 Å². The first-order valence-corrected chi connectivity index (χ1v) is 3.95. The summed E-state index contributed by atoms with van der Waals surface area (Å²) in [4.78, 5) is 0. The first kappa shape index (κ1) is 7.98. The van der Waals surface area contributed by atoms with Crippen LogP contribution in [0.4, 0.5) is 0 Å². The number of rotatable bonds is 2. The summed E-state index contributed by atoms with van der Waals surface area (Å²) >= 11 is 0. The quantitative estimate of drug-likeness (QED) is 0.481. The number of β-amino-alcohol motifs (C(OH)–C–C–N with tert-alkyl or cyclic N) is 1. The van der Waals surface area contributed by atoms with Crippen LogP contribution in [0.3, 0.4) is 0 Å². The van der Waals surface area contributed by atoms with Gasteiger partial charge in [-0.1, -0.05) is 6.92 Å². The zero-order chi connectivity index (χ0) is 7.40. The van der Waals surface area contributed by atoms with Gasteiger partial charge in [0.25, 0.3) is 0 Å². The third-order valence-electron chi connectivity index (χ3n) is 1.82. The monoisotopic (exact) mass is 144 g/mol. The Balaban J connectivity index is 2.18. The van der Waals surface area contributed by atoms with Crippen molar-refractivity contribution in [2.75, 3.05) is 19.6 Å². The highest BCUT2D eigenvalue weighted by Crippen LogP contribution is 2.01. The zero-order valence-corrected chi connectivity index (χ0v) is 6.43. The van der Waals surface area contributed by atoms with Crippen LogP contribution in [0.1, 0.15) is 13.3 Å². The number of aliphatic hydroxyl groups is 1. The van der Waals surface area contributed by atoms with E-state index in [0.717, 1.165) is 26.1 Å². The van der Waals surface area contributed by atoms with Crippen molar-refractivity contribution < 1.29 is 5.11 Å². The third-order valence-corrected chi connectivity index (χ3v) is 1.82. The molecule has 1 fully saturated rings. The Morgan fingerprint density at radius 1 is 1.60 bits per heavy atom. The molecule has 0 aromatic heterocycles. The van der Waals surface area contributed by atoms with E-state index >= 15 is 0 Å². The van der Waals surface area contributed by atoms with Crippen molar-refractivity contribution in [3.8, 4) is 0 Å². The largest absolute Gasteiger partial charge is 0.392 e. The number of aliphatic hydroxyl groups excluding tert-OH is 1. The van der Waals surface area contributed by atoms with Crippen LogP contribution >= 0.6 is 0 Å². The van der Waals surface area contributed by atoms with Crippen molar-refractivity contribution in [2.45, 2.75) is 25.5 Å². The first-order valence-electron chi connectivity index (χ1n) is 3.95. The summed E-state index contributed by atoms with van der Waals surface area (Å²) in [5.74, 6) is 0.